The maximum atomic E-state index is 14.2. The normalized spacial score (nSPS) is 16.5. The van der Waals surface area contributed by atoms with E-state index in [-0.39, 0.29) is 17.5 Å². The third kappa shape index (κ3) is 4.77. The van der Waals surface area contributed by atoms with E-state index in [0.717, 1.165) is 42.6 Å². The van der Waals surface area contributed by atoms with Gasteiger partial charge < -0.3 is 19.7 Å². The average Bonchev–Trinajstić information content (AvgIpc) is 3.58. The highest BCUT2D eigenvalue weighted by Gasteiger charge is 2.27. The van der Waals surface area contributed by atoms with Crippen molar-refractivity contribution in [2.75, 3.05) is 32.2 Å². The van der Waals surface area contributed by atoms with Gasteiger partial charge in [0.25, 0.3) is 5.56 Å². The number of nitrogens with one attached hydrogen (secondary N) is 1. The molecule has 1 saturated heterocycles. The van der Waals surface area contributed by atoms with E-state index in [4.69, 9.17) is 14.6 Å². The van der Waals surface area contributed by atoms with Gasteiger partial charge in [0.2, 0.25) is 5.91 Å². The summed E-state index contributed by atoms with van der Waals surface area (Å²) in [5.74, 6) is 1.18. The molecule has 1 aromatic heterocycles. The van der Waals surface area contributed by atoms with Gasteiger partial charge >= 0.3 is 0 Å². The van der Waals surface area contributed by atoms with Crippen LogP contribution in [0.15, 0.2) is 41.2 Å². The van der Waals surface area contributed by atoms with Gasteiger partial charge in [-0.1, -0.05) is 6.07 Å². The van der Waals surface area contributed by atoms with Gasteiger partial charge in [-0.2, -0.15) is 9.78 Å². The first kappa shape index (κ1) is 24.8. The SMILES string of the molecule is COc1cc(OC)cc(-c2nn(-c3cc(N4CC[C@H](NC(C)=O)C4)ccc3CF)c(=O)c3c2CCC3)c1. The molecule has 0 saturated carbocycles. The number of benzene rings is 2. The van der Waals surface area contributed by atoms with Gasteiger partial charge in [0.1, 0.15) is 18.2 Å². The summed E-state index contributed by atoms with van der Waals surface area (Å²) in [6.07, 6.45) is 3.08. The van der Waals surface area contributed by atoms with Gasteiger partial charge in [0, 0.05) is 54.5 Å². The van der Waals surface area contributed by atoms with Crippen molar-refractivity contribution < 1.29 is 18.7 Å². The van der Waals surface area contributed by atoms with Gasteiger partial charge in [-0.25, -0.2) is 4.39 Å². The van der Waals surface area contributed by atoms with Gasteiger partial charge in [-0.15, -0.1) is 0 Å². The van der Waals surface area contributed by atoms with Crippen molar-refractivity contribution in [1.29, 1.82) is 0 Å². The largest absolute Gasteiger partial charge is 0.497 e. The number of ether oxygens (including phenoxy) is 2. The zero-order valence-electron chi connectivity index (χ0n) is 21.3. The molecule has 0 unspecified atom stereocenters. The monoisotopic (exact) mass is 506 g/mol. The standard InChI is InChI=1S/C28H31FN4O4/c1-17(34)30-20-9-10-32(16-20)21-8-7-18(15-29)26(13-21)33-28(35)25-6-4-5-24(25)27(31-33)19-11-22(36-2)14-23(12-19)37-3/h7-8,11-14,20H,4-6,9-10,15-16H2,1-3H3,(H,30,34)/t20-/m0/s1. The average molecular weight is 507 g/mol. The summed E-state index contributed by atoms with van der Waals surface area (Å²) in [6, 6.07) is 11.0. The minimum Gasteiger partial charge on any atom is -0.497 e. The lowest BCUT2D eigenvalue weighted by molar-refractivity contribution is -0.119. The molecule has 1 atom stereocenters. The number of alkyl halides is 1. The topological polar surface area (TPSA) is 85.7 Å². The Morgan fingerprint density at radius 2 is 1.84 bits per heavy atom. The Bertz CT molecular complexity index is 1380. The van der Waals surface area contributed by atoms with Crippen molar-refractivity contribution >= 4 is 11.6 Å². The van der Waals surface area contributed by atoms with Crippen molar-refractivity contribution in [3.63, 3.8) is 0 Å². The molecular formula is C28H31FN4O4. The molecule has 3 aromatic rings. The number of nitrogens with zero attached hydrogens (tertiary/aromatic N) is 3. The molecule has 5 rings (SSSR count). The van der Waals surface area contributed by atoms with Crippen LogP contribution in [-0.4, -0.2) is 49.0 Å². The molecule has 0 radical (unpaired) electrons. The van der Waals surface area contributed by atoms with Gasteiger partial charge in [-0.3, -0.25) is 9.59 Å². The fraction of sp³-hybridized carbons (Fsp3) is 0.393. The second kappa shape index (κ2) is 10.2. The number of amides is 1. The molecule has 2 heterocycles. The summed E-state index contributed by atoms with van der Waals surface area (Å²) in [7, 11) is 3.18. The summed E-state index contributed by atoms with van der Waals surface area (Å²) >= 11 is 0. The van der Waals surface area contributed by atoms with Crippen LogP contribution < -0.4 is 25.2 Å². The molecule has 1 fully saturated rings. The maximum Gasteiger partial charge on any atom is 0.275 e. The summed E-state index contributed by atoms with van der Waals surface area (Å²) in [4.78, 5) is 27.3. The number of methoxy groups -OCH3 is 2. The third-order valence-electron chi connectivity index (χ3n) is 7.18. The Kier molecular flexibility index (Phi) is 6.86. The number of carbonyl (C=O) groups excluding carboxylic acids is 1. The van der Waals surface area contributed by atoms with E-state index in [2.05, 4.69) is 10.2 Å². The van der Waals surface area contributed by atoms with Crippen LogP contribution in [0, 0.1) is 0 Å². The summed E-state index contributed by atoms with van der Waals surface area (Å²) < 4.78 is 26.4. The van der Waals surface area contributed by atoms with Crippen molar-refractivity contribution in [3.05, 3.63) is 63.4 Å². The molecule has 2 aliphatic rings. The molecule has 1 amide bonds. The van der Waals surface area contributed by atoms with E-state index >= 15 is 0 Å². The quantitative estimate of drug-likeness (QED) is 0.527. The number of halogens is 1. The number of aromatic nitrogens is 2. The number of fused-ring (bicyclic) bond motifs is 1. The third-order valence-corrected chi connectivity index (χ3v) is 7.18. The molecule has 194 valence electrons. The maximum absolute atomic E-state index is 14.2. The zero-order chi connectivity index (χ0) is 26.1. The van der Waals surface area contributed by atoms with Crippen LogP contribution in [0.1, 0.15) is 36.5 Å². The van der Waals surface area contributed by atoms with Crippen LogP contribution in [0.4, 0.5) is 10.1 Å². The predicted molar refractivity (Wildman–Crippen MR) is 140 cm³/mol. The number of carbonyl (C=O) groups is 1. The number of hydrogen-bond donors (Lipinski definition) is 1. The molecule has 1 aliphatic carbocycles. The predicted octanol–water partition coefficient (Wildman–Crippen LogP) is 3.59. The van der Waals surface area contributed by atoms with Crippen LogP contribution in [0.3, 0.4) is 0 Å². The highest BCUT2D eigenvalue weighted by molar-refractivity contribution is 5.73. The molecule has 2 aromatic carbocycles. The first-order chi connectivity index (χ1) is 17.9. The second-order valence-corrected chi connectivity index (χ2v) is 9.56. The highest BCUT2D eigenvalue weighted by Crippen LogP contribution is 2.35. The number of rotatable bonds is 7. The molecule has 1 aliphatic heterocycles. The number of anilines is 1. The Labute approximate surface area is 215 Å². The fourth-order valence-electron chi connectivity index (χ4n) is 5.37. The lowest BCUT2D eigenvalue weighted by Crippen LogP contribution is -2.35. The Morgan fingerprint density at radius 3 is 2.51 bits per heavy atom. The summed E-state index contributed by atoms with van der Waals surface area (Å²) in [6.45, 7) is 2.19. The smallest absolute Gasteiger partial charge is 0.275 e. The van der Waals surface area contributed by atoms with Crippen LogP contribution in [0.25, 0.3) is 16.9 Å². The zero-order valence-corrected chi connectivity index (χ0v) is 21.3. The summed E-state index contributed by atoms with van der Waals surface area (Å²) in [5, 5.41) is 7.78. The first-order valence-electron chi connectivity index (χ1n) is 12.5. The minimum absolute atomic E-state index is 0.0530. The van der Waals surface area contributed by atoms with Crippen molar-refractivity contribution in [3.8, 4) is 28.4 Å². The highest BCUT2D eigenvalue weighted by atomic mass is 19.1. The Hall–Kier alpha value is -3.88. The molecule has 9 heteroatoms. The fourth-order valence-corrected chi connectivity index (χ4v) is 5.37. The lowest BCUT2D eigenvalue weighted by Gasteiger charge is -2.21. The number of hydrogen-bond acceptors (Lipinski definition) is 6. The van der Waals surface area contributed by atoms with Gasteiger partial charge in [0.05, 0.1) is 25.6 Å². The molecular weight excluding hydrogens is 475 g/mol. The minimum atomic E-state index is -0.725. The second-order valence-electron chi connectivity index (χ2n) is 9.56. The molecule has 8 nitrogen and oxygen atoms in total. The molecule has 37 heavy (non-hydrogen) atoms. The van der Waals surface area contributed by atoms with Crippen molar-refractivity contribution in [2.45, 2.75) is 45.3 Å². The Balaban J connectivity index is 1.63. The molecule has 1 N–H and O–H groups in total. The van der Waals surface area contributed by atoms with E-state index in [9.17, 15) is 14.0 Å². The van der Waals surface area contributed by atoms with Crippen molar-refractivity contribution in [2.24, 2.45) is 0 Å². The van der Waals surface area contributed by atoms with Gasteiger partial charge in [0.15, 0.2) is 0 Å². The molecule has 0 bridgehead atoms. The van der Waals surface area contributed by atoms with E-state index in [1.165, 1.54) is 11.6 Å². The molecule has 0 spiro atoms. The van der Waals surface area contributed by atoms with Gasteiger partial charge in [-0.05, 0) is 55.5 Å². The van der Waals surface area contributed by atoms with E-state index in [1.54, 1.807) is 26.4 Å². The van der Waals surface area contributed by atoms with Crippen LogP contribution in [0.2, 0.25) is 0 Å². The van der Waals surface area contributed by atoms with E-state index in [0.29, 0.717) is 47.0 Å². The van der Waals surface area contributed by atoms with E-state index in [1.807, 2.05) is 24.3 Å². The van der Waals surface area contributed by atoms with E-state index < -0.39 is 6.67 Å². The van der Waals surface area contributed by atoms with Crippen LogP contribution in [0.5, 0.6) is 11.5 Å². The van der Waals surface area contributed by atoms with Crippen molar-refractivity contribution in [1.82, 2.24) is 15.1 Å². The first-order valence-corrected chi connectivity index (χ1v) is 12.5. The van der Waals surface area contributed by atoms with Crippen LogP contribution in [-0.2, 0) is 24.3 Å². The summed E-state index contributed by atoms with van der Waals surface area (Å²) in [5.41, 5.74) is 4.56. The Morgan fingerprint density at radius 1 is 1.11 bits per heavy atom. The van der Waals surface area contributed by atoms with Crippen LogP contribution >= 0.6 is 0 Å². The lowest BCUT2D eigenvalue weighted by atomic mass is 10.0.